The number of hydrogen-bond donors (Lipinski definition) is 1. The van der Waals surface area contributed by atoms with Crippen LogP contribution in [0.4, 0.5) is 5.13 Å². The first-order valence-electron chi connectivity index (χ1n) is 9.09. The molecule has 0 saturated heterocycles. The van der Waals surface area contributed by atoms with Crippen LogP contribution < -0.4 is 5.32 Å². The van der Waals surface area contributed by atoms with Gasteiger partial charge in [-0.2, -0.15) is 0 Å². The second kappa shape index (κ2) is 5.55. The van der Waals surface area contributed by atoms with Crippen LogP contribution in [0.15, 0.2) is 12.1 Å². The molecule has 0 radical (unpaired) electrons. The molecule has 2 aromatic rings. The maximum absolute atomic E-state index is 13.1. The average Bonchev–Trinajstić information content (AvgIpc) is 2.89. The van der Waals surface area contributed by atoms with Gasteiger partial charge in [0, 0.05) is 0 Å². The van der Waals surface area contributed by atoms with Crippen molar-refractivity contribution in [2.45, 2.75) is 65.7 Å². The minimum Gasteiger partial charge on any atom is -0.301 e. The molecule has 0 atom stereocenters. The fourth-order valence-corrected chi connectivity index (χ4v) is 6.00. The molecule has 2 bridgehead atoms. The molecular weight excluding hydrogens is 316 g/mol. The molecule has 128 valence electrons. The normalized spacial score (nSPS) is 29.6. The Balaban J connectivity index is 1.61. The van der Waals surface area contributed by atoms with Crippen LogP contribution in [0, 0.1) is 24.7 Å². The molecule has 1 heterocycles. The van der Waals surface area contributed by atoms with Gasteiger partial charge in [-0.15, -0.1) is 0 Å². The molecule has 3 nitrogen and oxygen atoms in total. The summed E-state index contributed by atoms with van der Waals surface area (Å²) in [4.78, 5) is 17.8. The molecule has 0 unspecified atom stereocenters. The third-order valence-electron chi connectivity index (χ3n) is 6.16. The SMILES string of the molecule is Cc1cc(C)c2sc(NC(=O)C34CCCC(C)(CCC3)C4)nc2c1. The Labute approximate surface area is 147 Å². The molecule has 2 fully saturated rings. The minimum atomic E-state index is -0.159. The van der Waals surface area contributed by atoms with Crippen molar-refractivity contribution in [1.82, 2.24) is 4.98 Å². The number of anilines is 1. The van der Waals surface area contributed by atoms with Crippen molar-refractivity contribution in [3.63, 3.8) is 0 Å². The maximum atomic E-state index is 13.1. The molecule has 2 aliphatic rings. The summed E-state index contributed by atoms with van der Waals surface area (Å²) >= 11 is 1.61. The molecule has 2 saturated carbocycles. The van der Waals surface area contributed by atoms with Crippen LogP contribution in [-0.4, -0.2) is 10.9 Å². The smallest absolute Gasteiger partial charge is 0.232 e. The van der Waals surface area contributed by atoms with E-state index in [1.807, 2.05) is 0 Å². The molecular formula is C20H26N2OS. The lowest BCUT2D eigenvalue weighted by atomic mass is 9.55. The van der Waals surface area contributed by atoms with Crippen LogP contribution in [-0.2, 0) is 4.79 Å². The largest absolute Gasteiger partial charge is 0.301 e. The Morgan fingerprint density at radius 1 is 1.17 bits per heavy atom. The highest BCUT2D eigenvalue weighted by Gasteiger charge is 2.49. The lowest BCUT2D eigenvalue weighted by Gasteiger charge is -2.49. The van der Waals surface area contributed by atoms with E-state index in [1.54, 1.807) is 11.3 Å². The van der Waals surface area contributed by atoms with E-state index < -0.39 is 0 Å². The molecule has 1 N–H and O–H groups in total. The number of amides is 1. The van der Waals surface area contributed by atoms with Gasteiger partial charge in [0.2, 0.25) is 5.91 Å². The highest BCUT2D eigenvalue weighted by Crippen LogP contribution is 2.55. The van der Waals surface area contributed by atoms with Crippen molar-refractivity contribution in [3.8, 4) is 0 Å². The summed E-state index contributed by atoms with van der Waals surface area (Å²) in [7, 11) is 0. The van der Waals surface area contributed by atoms with E-state index >= 15 is 0 Å². The van der Waals surface area contributed by atoms with Crippen LogP contribution in [0.1, 0.15) is 63.0 Å². The first kappa shape index (κ1) is 16.1. The van der Waals surface area contributed by atoms with E-state index in [1.165, 1.54) is 41.5 Å². The van der Waals surface area contributed by atoms with Crippen LogP contribution >= 0.6 is 11.3 Å². The van der Waals surface area contributed by atoms with Gasteiger partial charge in [-0.3, -0.25) is 4.79 Å². The van der Waals surface area contributed by atoms with Crippen LogP contribution in [0.25, 0.3) is 10.2 Å². The molecule has 1 amide bonds. The second-order valence-corrected chi connectivity index (χ2v) is 9.38. The quantitative estimate of drug-likeness (QED) is 0.771. The second-order valence-electron chi connectivity index (χ2n) is 8.38. The number of benzene rings is 1. The van der Waals surface area contributed by atoms with Crippen molar-refractivity contribution in [3.05, 3.63) is 23.3 Å². The van der Waals surface area contributed by atoms with E-state index in [0.717, 1.165) is 29.9 Å². The van der Waals surface area contributed by atoms with Gasteiger partial charge in [0.05, 0.1) is 15.6 Å². The summed E-state index contributed by atoms with van der Waals surface area (Å²) in [5.41, 5.74) is 3.67. The van der Waals surface area contributed by atoms with Crippen molar-refractivity contribution < 1.29 is 4.79 Å². The molecule has 1 aromatic carbocycles. The van der Waals surface area contributed by atoms with Gasteiger partial charge in [-0.25, -0.2) is 4.98 Å². The van der Waals surface area contributed by atoms with Crippen molar-refractivity contribution >= 4 is 32.6 Å². The molecule has 0 spiro atoms. The van der Waals surface area contributed by atoms with Crippen molar-refractivity contribution in [2.75, 3.05) is 5.32 Å². The van der Waals surface area contributed by atoms with Gasteiger partial charge in [-0.05, 0) is 68.6 Å². The van der Waals surface area contributed by atoms with E-state index in [-0.39, 0.29) is 11.3 Å². The molecule has 4 rings (SSSR count). The number of nitrogens with one attached hydrogen (secondary N) is 1. The first-order valence-corrected chi connectivity index (χ1v) is 9.90. The molecule has 4 heteroatoms. The van der Waals surface area contributed by atoms with E-state index in [2.05, 4.69) is 43.2 Å². The zero-order chi connectivity index (χ0) is 16.9. The van der Waals surface area contributed by atoms with E-state index in [0.29, 0.717) is 5.41 Å². The maximum Gasteiger partial charge on any atom is 0.232 e. The fraction of sp³-hybridized carbons (Fsp3) is 0.600. The summed E-state index contributed by atoms with van der Waals surface area (Å²) in [6.45, 7) is 6.58. The number of thiazole rings is 1. The Hall–Kier alpha value is -1.42. The Kier molecular flexibility index (Phi) is 3.72. The topological polar surface area (TPSA) is 42.0 Å². The van der Waals surface area contributed by atoms with Gasteiger partial charge in [-0.1, -0.05) is 37.2 Å². The van der Waals surface area contributed by atoms with E-state index in [9.17, 15) is 4.79 Å². The number of rotatable bonds is 2. The molecule has 0 aliphatic heterocycles. The third-order valence-corrected chi connectivity index (χ3v) is 7.28. The highest BCUT2D eigenvalue weighted by atomic mass is 32.1. The minimum absolute atomic E-state index is 0.159. The Bertz CT molecular complexity index is 797. The summed E-state index contributed by atoms with van der Waals surface area (Å²) in [6, 6.07) is 4.28. The third kappa shape index (κ3) is 2.65. The monoisotopic (exact) mass is 342 g/mol. The van der Waals surface area contributed by atoms with Gasteiger partial charge in [0.1, 0.15) is 0 Å². The van der Waals surface area contributed by atoms with Gasteiger partial charge < -0.3 is 5.32 Å². The molecule has 1 aromatic heterocycles. The van der Waals surface area contributed by atoms with Gasteiger partial charge >= 0.3 is 0 Å². The lowest BCUT2D eigenvalue weighted by Crippen LogP contribution is -2.46. The molecule has 24 heavy (non-hydrogen) atoms. The van der Waals surface area contributed by atoms with Crippen LogP contribution in [0.2, 0.25) is 0 Å². The lowest BCUT2D eigenvalue weighted by molar-refractivity contribution is -0.133. The zero-order valence-electron chi connectivity index (χ0n) is 14.9. The van der Waals surface area contributed by atoms with Gasteiger partial charge in [0.15, 0.2) is 5.13 Å². The Morgan fingerprint density at radius 3 is 2.58 bits per heavy atom. The molecule has 2 aliphatic carbocycles. The van der Waals surface area contributed by atoms with Crippen molar-refractivity contribution in [1.29, 1.82) is 0 Å². The van der Waals surface area contributed by atoms with Crippen LogP contribution in [0.5, 0.6) is 0 Å². The number of aryl methyl sites for hydroxylation is 2. The summed E-state index contributed by atoms with van der Waals surface area (Å²) < 4.78 is 1.19. The van der Waals surface area contributed by atoms with Gasteiger partial charge in [0.25, 0.3) is 0 Å². The highest BCUT2D eigenvalue weighted by molar-refractivity contribution is 7.22. The van der Waals surface area contributed by atoms with Crippen LogP contribution in [0.3, 0.4) is 0 Å². The zero-order valence-corrected chi connectivity index (χ0v) is 15.7. The standard InChI is InChI=1S/C20H26N2OS/c1-13-10-14(2)16-15(11-13)21-18(24-16)22-17(23)20-8-4-6-19(3,12-20)7-5-9-20/h10-11H,4-9,12H2,1-3H3,(H,21,22,23). The number of hydrogen-bond acceptors (Lipinski definition) is 3. The number of fused-ring (bicyclic) bond motifs is 3. The average molecular weight is 343 g/mol. The van der Waals surface area contributed by atoms with Crippen molar-refractivity contribution in [2.24, 2.45) is 10.8 Å². The fourth-order valence-electron chi connectivity index (χ4n) is 5.09. The number of nitrogens with zero attached hydrogens (tertiary/aromatic N) is 1. The predicted molar refractivity (Wildman–Crippen MR) is 101 cm³/mol. The summed E-state index contributed by atoms with van der Waals surface area (Å²) in [5.74, 6) is 0.210. The summed E-state index contributed by atoms with van der Waals surface area (Å²) in [6.07, 6.45) is 8.05. The number of aromatic nitrogens is 1. The Morgan fingerprint density at radius 2 is 1.88 bits per heavy atom. The number of carbonyl (C=O) groups excluding carboxylic acids is 1. The summed E-state index contributed by atoms with van der Waals surface area (Å²) in [5, 5.41) is 3.94. The first-order chi connectivity index (χ1) is 11.4. The number of carbonyl (C=O) groups is 1. The predicted octanol–water partition coefficient (Wildman–Crippen LogP) is 5.60. The van der Waals surface area contributed by atoms with E-state index in [4.69, 9.17) is 0 Å².